The van der Waals surface area contributed by atoms with Crippen molar-refractivity contribution >= 4 is 22.1 Å². The van der Waals surface area contributed by atoms with Crippen LogP contribution < -0.4 is 5.32 Å². The van der Waals surface area contributed by atoms with Crippen LogP contribution in [0.15, 0.2) is 17.8 Å². The number of fused-ring (bicyclic) bond motifs is 1. The van der Waals surface area contributed by atoms with Gasteiger partial charge in [0.2, 0.25) is 0 Å². The van der Waals surface area contributed by atoms with E-state index < -0.39 is 0 Å². The van der Waals surface area contributed by atoms with Crippen molar-refractivity contribution in [2.45, 2.75) is 12.5 Å². The van der Waals surface area contributed by atoms with Gasteiger partial charge in [0.05, 0.1) is 18.7 Å². The van der Waals surface area contributed by atoms with E-state index in [1.165, 1.54) is 0 Å². The van der Waals surface area contributed by atoms with Crippen LogP contribution in [0.4, 0.5) is 0 Å². The minimum atomic E-state index is -0.316. The molecule has 0 radical (unpaired) electrons. The van der Waals surface area contributed by atoms with Crippen molar-refractivity contribution in [3.8, 4) is 0 Å². The molecule has 0 bridgehead atoms. The molecule has 6 heteroatoms. The second-order valence-corrected chi connectivity index (χ2v) is 4.90. The third-order valence-electron chi connectivity index (χ3n) is 2.79. The summed E-state index contributed by atoms with van der Waals surface area (Å²) in [5, 5.41) is 5.13. The van der Waals surface area contributed by atoms with Crippen molar-refractivity contribution in [3.63, 3.8) is 0 Å². The van der Waals surface area contributed by atoms with Crippen molar-refractivity contribution in [3.05, 3.63) is 23.5 Å². The average Bonchev–Trinajstić information content (AvgIpc) is 2.90. The smallest absolute Gasteiger partial charge is 0.193 e. The maximum absolute atomic E-state index is 12.0. The molecule has 1 fully saturated rings. The van der Waals surface area contributed by atoms with Gasteiger partial charge in [-0.05, 0) is 0 Å². The van der Waals surface area contributed by atoms with E-state index in [9.17, 15) is 4.79 Å². The molecular weight excluding hydrogens is 238 g/mol. The Morgan fingerprint density at radius 2 is 2.65 bits per heavy atom. The van der Waals surface area contributed by atoms with Gasteiger partial charge in [0.15, 0.2) is 10.7 Å². The van der Waals surface area contributed by atoms with E-state index in [0.717, 1.165) is 17.2 Å². The van der Waals surface area contributed by atoms with Gasteiger partial charge in [0.1, 0.15) is 6.10 Å². The zero-order valence-corrected chi connectivity index (χ0v) is 10.1. The largest absolute Gasteiger partial charge is 0.368 e. The molecule has 5 nitrogen and oxygen atoms in total. The van der Waals surface area contributed by atoms with E-state index in [1.807, 2.05) is 22.2 Å². The van der Waals surface area contributed by atoms with Gasteiger partial charge in [-0.25, -0.2) is 4.98 Å². The predicted octanol–water partition coefficient (Wildman–Crippen LogP) is 0.496. The van der Waals surface area contributed by atoms with E-state index in [-0.39, 0.29) is 11.9 Å². The first kappa shape index (κ1) is 10.9. The summed E-state index contributed by atoms with van der Waals surface area (Å²) in [5.74, 6) is 0.1000. The van der Waals surface area contributed by atoms with Gasteiger partial charge in [-0.2, -0.15) is 0 Å². The van der Waals surface area contributed by atoms with E-state index in [2.05, 4.69) is 10.3 Å². The molecule has 90 valence electrons. The monoisotopic (exact) mass is 251 g/mol. The Morgan fingerprint density at radius 3 is 3.41 bits per heavy atom. The maximum Gasteiger partial charge on any atom is 0.193 e. The minimum Gasteiger partial charge on any atom is -0.368 e. The number of nitrogens with zero attached hydrogens (tertiary/aromatic N) is 2. The summed E-state index contributed by atoms with van der Waals surface area (Å²) in [6.07, 6.45) is 3.88. The van der Waals surface area contributed by atoms with Gasteiger partial charge in [0, 0.05) is 30.9 Å². The third kappa shape index (κ3) is 2.24. The third-order valence-corrected chi connectivity index (χ3v) is 3.56. The van der Waals surface area contributed by atoms with Gasteiger partial charge >= 0.3 is 0 Å². The molecule has 1 N–H and O–H groups in total. The topological polar surface area (TPSA) is 55.6 Å². The number of morpholine rings is 1. The number of thiazole rings is 1. The van der Waals surface area contributed by atoms with Crippen LogP contribution in [-0.4, -0.2) is 41.0 Å². The number of nitrogens with one attached hydrogen (secondary N) is 1. The van der Waals surface area contributed by atoms with Crippen molar-refractivity contribution in [1.82, 2.24) is 14.7 Å². The van der Waals surface area contributed by atoms with Crippen LogP contribution in [0, 0.1) is 0 Å². The summed E-state index contributed by atoms with van der Waals surface area (Å²) in [4.78, 5) is 17.3. The maximum atomic E-state index is 12.0. The molecule has 1 aliphatic heterocycles. The van der Waals surface area contributed by atoms with Gasteiger partial charge in [-0.15, -0.1) is 11.3 Å². The highest BCUT2D eigenvalue weighted by atomic mass is 32.1. The van der Waals surface area contributed by atoms with Crippen LogP contribution in [0.5, 0.6) is 0 Å². The summed E-state index contributed by atoms with van der Waals surface area (Å²) < 4.78 is 7.36. The summed E-state index contributed by atoms with van der Waals surface area (Å²) in [6.45, 7) is 2.04. The van der Waals surface area contributed by atoms with Crippen LogP contribution in [0.25, 0.3) is 4.96 Å². The molecule has 0 aliphatic carbocycles. The van der Waals surface area contributed by atoms with Gasteiger partial charge < -0.3 is 10.1 Å². The Balaban J connectivity index is 1.69. The highest BCUT2D eigenvalue weighted by molar-refractivity contribution is 7.15. The van der Waals surface area contributed by atoms with E-state index in [1.54, 1.807) is 11.3 Å². The van der Waals surface area contributed by atoms with E-state index in [4.69, 9.17) is 4.74 Å². The summed E-state index contributed by atoms with van der Waals surface area (Å²) in [7, 11) is 0. The number of ether oxygens (including phenoxy) is 1. The molecule has 1 atom stereocenters. The Bertz CT molecular complexity index is 499. The molecule has 0 aromatic carbocycles. The van der Waals surface area contributed by atoms with Crippen molar-refractivity contribution in [1.29, 1.82) is 0 Å². The Hall–Kier alpha value is -1.24. The number of ketones is 1. The Morgan fingerprint density at radius 1 is 1.71 bits per heavy atom. The van der Waals surface area contributed by atoms with Crippen LogP contribution in [0.1, 0.15) is 5.69 Å². The molecule has 3 rings (SSSR count). The Kier molecular flexibility index (Phi) is 2.92. The highest BCUT2D eigenvalue weighted by Gasteiger charge is 2.22. The molecule has 2 aromatic heterocycles. The molecule has 3 heterocycles. The molecule has 0 amide bonds. The summed E-state index contributed by atoms with van der Waals surface area (Å²) >= 11 is 1.57. The first-order chi connectivity index (χ1) is 8.33. The SMILES string of the molecule is O=C(Cc1cn2ccsc2n1)C1CNCCO1. The molecular formula is C11H13N3O2S. The Labute approximate surface area is 102 Å². The molecule has 1 aliphatic rings. The summed E-state index contributed by atoms with van der Waals surface area (Å²) in [6, 6.07) is 0. The molecule has 0 saturated carbocycles. The highest BCUT2D eigenvalue weighted by Crippen LogP contribution is 2.12. The van der Waals surface area contributed by atoms with Crippen LogP contribution >= 0.6 is 11.3 Å². The number of carbonyl (C=O) groups is 1. The number of hydrogen-bond acceptors (Lipinski definition) is 5. The molecule has 0 spiro atoms. The lowest BCUT2D eigenvalue weighted by atomic mass is 10.1. The number of imidazole rings is 1. The lowest BCUT2D eigenvalue weighted by Crippen LogP contribution is -2.43. The molecule has 1 unspecified atom stereocenters. The van der Waals surface area contributed by atoms with Crippen LogP contribution in [-0.2, 0) is 16.0 Å². The van der Waals surface area contributed by atoms with Crippen molar-refractivity contribution in [2.24, 2.45) is 0 Å². The lowest BCUT2D eigenvalue weighted by Gasteiger charge is -2.21. The quantitative estimate of drug-likeness (QED) is 0.863. The first-order valence-electron chi connectivity index (χ1n) is 5.59. The number of carbonyl (C=O) groups excluding carboxylic acids is 1. The van der Waals surface area contributed by atoms with Crippen LogP contribution in [0.3, 0.4) is 0 Å². The number of hydrogen-bond donors (Lipinski definition) is 1. The number of aromatic nitrogens is 2. The fraction of sp³-hybridized carbons (Fsp3) is 0.455. The predicted molar refractivity (Wildman–Crippen MR) is 64.4 cm³/mol. The minimum absolute atomic E-state index is 0.1000. The first-order valence-corrected chi connectivity index (χ1v) is 6.47. The summed E-state index contributed by atoms with van der Waals surface area (Å²) in [5.41, 5.74) is 0.816. The van der Waals surface area contributed by atoms with Gasteiger partial charge in [-0.3, -0.25) is 9.20 Å². The van der Waals surface area contributed by atoms with Crippen molar-refractivity contribution in [2.75, 3.05) is 19.7 Å². The molecule has 1 saturated heterocycles. The molecule has 2 aromatic rings. The second kappa shape index (κ2) is 4.56. The van der Waals surface area contributed by atoms with Gasteiger partial charge in [-0.1, -0.05) is 0 Å². The van der Waals surface area contributed by atoms with E-state index in [0.29, 0.717) is 19.6 Å². The zero-order chi connectivity index (χ0) is 11.7. The van der Waals surface area contributed by atoms with Crippen molar-refractivity contribution < 1.29 is 9.53 Å². The van der Waals surface area contributed by atoms with E-state index >= 15 is 0 Å². The van der Waals surface area contributed by atoms with Gasteiger partial charge in [0.25, 0.3) is 0 Å². The normalized spacial score (nSPS) is 20.8. The fourth-order valence-corrected chi connectivity index (χ4v) is 2.64. The standard InChI is InChI=1S/C11H13N3O2S/c15-9(10-6-12-1-3-16-10)5-8-7-14-2-4-17-11(14)13-8/h2,4,7,10,12H,1,3,5-6H2. The average molecular weight is 251 g/mol. The fourth-order valence-electron chi connectivity index (χ4n) is 1.93. The lowest BCUT2D eigenvalue weighted by molar-refractivity contribution is -0.131. The zero-order valence-electron chi connectivity index (χ0n) is 9.26. The molecule has 17 heavy (non-hydrogen) atoms. The number of Topliss-reactive ketones (excluding diaryl/α,β-unsaturated/α-hetero) is 1. The van der Waals surface area contributed by atoms with Crippen LogP contribution in [0.2, 0.25) is 0 Å². The second-order valence-electron chi connectivity index (χ2n) is 4.03. The number of rotatable bonds is 3.